The Bertz CT molecular complexity index is 932. The number of hydrogen-bond donors (Lipinski definition) is 1. The van der Waals surface area contributed by atoms with Crippen molar-refractivity contribution in [1.29, 1.82) is 0 Å². The molecule has 2 amide bonds. The molecule has 0 saturated heterocycles. The number of nitrogens with one attached hydrogen (secondary N) is 1. The lowest BCUT2D eigenvalue weighted by molar-refractivity contribution is -0.140. The van der Waals surface area contributed by atoms with Crippen LogP contribution in [0.2, 0.25) is 10.0 Å². The molecule has 2 aromatic rings. The Labute approximate surface area is 192 Å². The van der Waals surface area contributed by atoms with Gasteiger partial charge in [0.25, 0.3) is 0 Å². The number of carbonyl (C=O) groups is 2. The molecule has 1 saturated carbocycles. The van der Waals surface area contributed by atoms with Crippen LogP contribution in [0, 0.1) is 5.82 Å². The molecule has 1 aliphatic rings. The average Bonchev–Trinajstić information content (AvgIpc) is 2.75. The maximum atomic E-state index is 14.1. The Kier molecular flexibility index (Phi) is 8.33. The van der Waals surface area contributed by atoms with Gasteiger partial charge in [-0.15, -0.1) is 0 Å². The third-order valence-corrected chi connectivity index (χ3v) is 6.36. The summed E-state index contributed by atoms with van der Waals surface area (Å²) in [7, 11) is 0. The first-order valence-corrected chi connectivity index (χ1v) is 11.4. The van der Waals surface area contributed by atoms with E-state index in [9.17, 15) is 14.0 Å². The lowest BCUT2D eigenvalue weighted by atomic mass is 9.95. The van der Waals surface area contributed by atoms with Crippen molar-refractivity contribution < 1.29 is 14.0 Å². The zero-order valence-corrected chi connectivity index (χ0v) is 19.1. The van der Waals surface area contributed by atoms with E-state index in [0.717, 1.165) is 25.7 Å². The van der Waals surface area contributed by atoms with Crippen molar-refractivity contribution in [3.63, 3.8) is 0 Å². The highest BCUT2D eigenvalue weighted by Crippen LogP contribution is 2.24. The molecule has 7 heteroatoms. The third-order valence-electron chi connectivity index (χ3n) is 5.77. The molecule has 0 radical (unpaired) electrons. The summed E-state index contributed by atoms with van der Waals surface area (Å²) in [6.07, 6.45) is 5.13. The van der Waals surface area contributed by atoms with Gasteiger partial charge >= 0.3 is 0 Å². The van der Waals surface area contributed by atoms with Gasteiger partial charge in [0.1, 0.15) is 11.9 Å². The Balaban J connectivity index is 1.80. The quantitative estimate of drug-likeness (QED) is 0.584. The molecule has 2 aromatic carbocycles. The van der Waals surface area contributed by atoms with Crippen molar-refractivity contribution in [2.45, 2.75) is 64.1 Å². The van der Waals surface area contributed by atoms with E-state index < -0.39 is 11.9 Å². The second kappa shape index (κ2) is 11.0. The number of amides is 2. The van der Waals surface area contributed by atoms with Gasteiger partial charge in [-0.25, -0.2) is 4.39 Å². The minimum atomic E-state index is -0.729. The fourth-order valence-electron chi connectivity index (χ4n) is 3.89. The van der Waals surface area contributed by atoms with E-state index in [1.54, 1.807) is 43.3 Å². The van der Waals surface area contributed by atoms with Gasteiger partial charge in [-0.2, -0.15) is 0 Å². The summed E-state index contributed by atoms with van der Waals surface area (Å²) in [5, 5.41) is 3.98. The minimum absolute atomic E-state index is 0.128. The Morgan fingerprint density at radius 3 is 2.48 bits per heavy atom. The summed E-state index contributed by atoms with van der Waals surface area (Å²) in [6.45, 7) is 1.82. The first-order chi connectivity index (χ1) is 14.8. The maximum absolute atomic E-state index is 14.1. The molecule has 4 nitrogen and oxygen atoms in total. The van der Waals surface area contributed by atoms with Crippen molar-refractivity contribution in [1.82, 2.24) is 10.2 Å². The summed E-state index contributed by atoms with van der Waals surface area (Å²) >= 11 is 12.3. The van der Waals surface area contributed by atoms with Crippen molar-refractivity contribution in [2.75, 3.05) is 0 Å². The fraction of sp³-hybridized carbons (Fsp3) is 0.417. The standard InChI is InChI=1S/C24H27Cl2FN2O2/c1-16(24(31)28-20-8-3-2-4-9-20)29(15-18-11-12-19(25)14-21(18)26)23(30)13-17-7-5-6-10-22(17)27/h5-7,10-12,14,16,20H,2-4,8-9,13,15H2,1H3,(H,28,31)/t16-/m1/s1. The van der Waals surface area contributed by atoms with Crippen LogP contribution in [0.1, 0.15) is 50.2 Å². The predicted octanol–water partition coefficient (Wildman–Crippen LogP) is 5.54. The Hall–Kier alpha value is -2.11. The smallest absolute Gasteiger partial charge is 0.242 e. The van der Waals surface area contributed by atoms with Gasteiger partial charge in [-0.3, -0.25) is 9.59 Å². The minimum Gasteiger partial charge on any atom is -0.352 e. The molecule has 0 heterocycles. The lowest BCUT2D eigenvalue weighted by Gasteiger charge is -2.31. The fourth-order valence-corrected chi connectivity index (χ4v) is 4.36. The lowest BCUT2D eigenvalue weighted by Crippen LogP contribution is -2.50. The number of halogens is 3. The molecule has 0 unspecified atom stereocenters. The van der Waals surface area contributed by atoms with Gasteiger partial charge in [0, 0.05) is 22.6 Å². The van der Waals surface area contributed by atoms with E-state index in [4.69, 9.17) is 23.2 Å². The van der Waals surface area contributed by atoms with Gasteiger partial charge in [0.2, 0.25) is 11.8 Å². The number of benzene rings is 2. The molecule has 1 atom stereocenters. The highest BCUT2D eigenvalue weighted by atomic mass is 35.5. The van der Waals surface area contributed by atoms with E-state index in [2.05, 4.69) is 5.32 Å². The van der Waals surface area contributed by atoms with Gasteiger partial charge in [-0.05, 0) is 49.1 Å². The monoisotopic (exact) mass is 464 g/mol. The zero-order chi connectivity index (χ0) is 22.4. The summed E-state index contributed by atoms with van der Waals surface area (Å²) in [5.41, 5.74) is 0.963. The van der Waals surface area contributed by atoms with E-state index in [-0.39, 0.29) is 30.8 Å². The van der Waals surface area contributed by atoms with Crippen LogP contribution in [0.4, 0.5) is 4.39 Å². The van der Waals surface area contributed by atoms with Crippen LogP contribution in [0.3, 0.4) is 0 Å². The van der Waals surface area contributed by atoms with Gasteiger partial charge in [0.05, 0.1) is 6.42 Å². The normalized spacial score (nSPS) is 15.4. The molecular formula is C24H27Cl2FN2O2. The van der Waals surface area contributed by atoms with E-state index >= 15 is 0 Å². The molecule has 166 valence electrons. The van der Waals surface area contributed by atoms with Crippen LogP contribution in [0.25, 0.3) is 0 Å². The predicted molar refractivity (Wildman–Crippen MR) is 122 cm³/mol. The van der Waals surface area contributed by atoms with Crippen molar-refractivity contribution >= 4 is 35.0 Å². The Morgan fingerprint density at radius 2 is 1.81 bits per heavy atom. The van der Waals surface area contributed by atoms with E-state index in [0.29, 0.717) is 21.2 Å². The maximum Gasteiger partial charge on any atom is 0.242 e. The second-order valence-electron chi connectivity index (χ2n) is 8.05. The highest BCUT2D eigenvalue weighted by molar-refractivity contribution is 6.35. The first kappa shape index (κ1) is 23.6. The highest BCUT2D eigenvalue weighted by Gasteiger charge is 2.29. The van der Waals surface area contributed by atoms with Crippen LogP contribution in [0.5, 0.6) is 0 Å². The van der Waals surface area contributed by atoms with Gasteiger partial charge < -0.3 is 10.2 Å². The topological polar surface area (TPSA) is 49.4 Å². The molecule has 1 N–H and O–H groups in total. The van der Waals surface area contributed by atoms with Gasteiger partial charge in [-0.1, -0.05) is 66.7 Å². The SMILES string of the molecule is C[C@H](C(=O)NC1CCCCC1)N(Cc1ccc(Cl)cc1Cl)C(=O)Cc1ccccc1F. The number of nitrogens with zero attached hydrogens (tertiary/aromatic N) is 1. The van der Waals surface area contributed by atoms with Crippen LogP contribution in [-0.4, -0.2) is 28.8 Å². The van der Waals surface area contributed by atoms with Crippen LogP contribution in [0.15, 0.2) is 42.5 Å². The summed E-state index contributed by atoms with van der Waals surface area (Å²) in [5.74, 6) is -0.999. The summed E-state index contributed by atoms with van der Waals surface area (Å²) < 4.78 is 14.1. The molecule has 0 aromatic heterocycles. The number of carbonyl (C=O) groups excluding carboxylic acids is 2. The largest absolute Gasteiger partial charge is 0.352 e. The number of hydrogen-bond acceptors (Lipinski definition) is 2. The van der Waals surface area contributed by atoms with E-state index in [1.165, 1.54) is 17.4 Å². The van der Waals surface area contributed by atoms with Gasteiger partial charge in [0.15, 0.2) is 0 Å². The molecular weight excluding hydrogens is 438 g/mol. The van der Waals surface area contributed by atoms with Crippen molar-refractivity contribution in [2.24, 2.45) is 0 Å². The van der Waals surface area contributed by atoms with Crippen LogP contribution in [-0.2, 0) is 22.6 Å². The third kappa shape index (κ3) is 6.44. The average molecular weight is 465 g/mol. The van der Waals surface area contributed by atoms with E-state index in [1.807, 2.05) is 0 Å². The molecule has 1 fully saturated rings. The molecule has 31 heavy (non-hydrogen) atoms. The molecule has 0 spiro atoms. The zero-order valence-electron chi connectivity index (χ0n) is 17.5. The second-order valence-corrected chi connectivity index (χ2v) is 8.89. The summed E-state index contributed by atoms with van der Waals surface area (Å²) in [6, 6.07) is 10.6. The number of rotatable bonds is 7. The Morgan fingerprint density at radius 1 is 1.10 bits per heavy atom. The molecule has 0 aliphatic heterocycles. The molecule has 3 rings (SSSR count). The molecule has 1 aliphatic carbocycles. The van der Waals surface area contributed by atoms with Crippen molar-refractivity contribution in [3.05, 3.63) is 69.5 Å². The first-order valence-electron chi connectivity index (χ1n) is 10.6. The summed E-state index contributed by atoms with van der Waals surface area (Å²) in [4.78, 5) is 27.6. The van der Waals surface area contributed by atoms with Crippen LogP contribution < -0.4 is 5.32 Å². The molecule has 0 bridgehead atoms. The van der Waals surface area contributed by atoms with Crippen LogP contribution >= 0.6 is 23.2 Å². The van der Waals surface area contributed by atoms with Crippen molar-refractivity contribution in [3.8, 4) is 0 Å².